The first-order chi connectivity index (χ1) is 10.5. The molecule has 0 bridgehead atoms. The lowest BCUT2D eigenvalue weighted by atomic mass is 10.1. The topological polar surface area (TPSA) is 96.9 Å². The van der Waals surface area contributed by atoms with E-state index < -0.39 is 16.1 Å². The molecule has 0 N–H and O–H groups in total. The van der Waals surface area contributed by atoms with E-state index in [1.807, 2.05) is 0 Å². The Morgan fingerprint density at radius 1 is 1.23 bits per heavy atom. The number of cyclic esters (lactones) is 1. The average Bonchev–Trinajstić information content (AvgIpc) is 2.87. The van der Waals surface area contributed by atoms with E-state index in [0.29, 0.717) is 12.8 Å². The fraction of sp³-hybridized carbons (Fsp3) is 0.462. The van der Waals surface area contributed by atoms with Crippen LogP contribution in [0.3, 0.4) is 0 Å². The molecule has 1 aromatic rings. The van der Waals surface area contributed by atoms with Crippen LogP contribution in [0.4, 0.5) is 4.79 Å². The van der Waals surface area contributed by atoms with E-state index >= 15 is 0 Å². The van der Waals surface area contributed by atoms with E-state index in [1.165, 1.54) is 22.8 Å². The van der Waals surface area contributed by atoms with Gasteiger partial charge >= 0.3 is 6.09 Å². The van der Waals surface area contributed by atoms with Crippen molar-refractivity contribution >= 4 is 22.0 Å². The monoisotopic (exact) mass is 325 g/mol. The molecule has 0 unspecified atom stereocenters. The van der Waals surface area contributed by atoms with Gasteiger partial charge in [-0.3, -0.25) is 9.78 Å². The second-order valence-corrected chi connectivity index (χ2v) is 7.08. The maximum absolute atomic E-state index is 12.5. The van der Waals surface area contributed by atoms with E-state index in [9.17, 15) is 18.0 Å². The second kappa shape index (κ2) is 5.65. The Hall–Kier alpha value is -2.00. The zero-order valence-corrected chi connectivity index (χ0v) is 12.5. The summed E-state index contributed by atoms with van der Waals surface area (Å²) in [6.45, 7) is 0.269. The minimum absolute atomic E-state index is 0.144. The quantitative estimate of drug-likeness (QED) is 0.788. The van der Waals surface area contributed by atoms with Crippen LogP contribution >= 0.6 is 0 Å². The van der Waals surface area contributed by atoms with E-state index in [4.69, 9.17) is 4.74 Å². The molecule has 2 saturated heterocycles. The highest BCUT2D eigenvalue weighted by Gasteiger charge is 2.40. The van der Waals surface area contributed by atoms with Gasteiger partial charge in [-0.2, -0.15) is 4.31 Å². The van der Waals surface area contributed by atoms with Crippen molar-refractivity contribution in [3.63, 3.8) is 0 Å². The molecule has 22 heavy (non-hydrogen) atoms. The molecule has 2 aliphatic heterocycles. The largest absolute Gasteiger partial charge is 0.439 e. The predicted molar refractivity (Wildman–Crippen MR) is 74.2 cm³/mol. The van der Waals surface area contributed by atoms with Gasteiger partial charge in [0.1, 0.15) is 4.90 Å². The molecular formula is C13H15N3O5S. The number of hydrogen-bond donors (Lipinski definition) is 0. The first-order valence-corrected chi connectivity index (χ1v) is 8.33. The minimum atomic E-state index is -3.58. The summed E-state index contributed by atoms with van der Waals surface area (Å²) < 4.78 is 31.0. The van der Waals surface area contributed by atoms with Crippen LogP contribution < -0.4 is 0 Å². The van der Waals surface area contributed by atoms with Crippen LogP contribution in [0.2, 0.25) is 0 Å². The normalized spacial score (nSPS) is 21.2. The molecule has 2 fully saturated rings. The summed E-state index contributed by atoms with van der Waals surface area (Å²) in [6.07, 6.45) is 2.98. The van der Waals surface area contributed by atoms with Gasteiger partial charge < -0.3 is 4.74 Å². The highest BCUT2D eigenvalue weighted by atomic mass is 32.2. The summed E-state index contributed by atoms with van der Waals surface area (Å²) in [6, 6.07) is 2.76. The summed E-state index contributed by atoms with van der Waals surface area (Å²) in [4.78, 5) is 28.2. The van der Waals surface area contributed by atoms with Crippen molar-refractivity contribution in [2.45, 2.75) is 23.8 Å². The Morgan fingerprint density at radius 3 is 2.50 bits per heavy atom. The molecule has 0 aromatic carbocycles. The van der Waals surface area contributed by atoms with Crippen LogP contribution in [0.1, 0.15) is 12.8 Å². The molecular weight excluding hydrogens is 310 g/mol. The number of nitrogens with zero attached hydrogens (tertiary/aromatic N) is 3. The van der Waals surface area contributed by atoms with Gasteiger partial charge in [-0.25, -0.2) is 18.1 Å². The van der Waals surface area contributed by atoms with Gasteiger partial charge in [0.25, 0.3) is 5.91 Å². The summed E-state index contributed by atoms with van der Waals surface area (Å²) in [5.41, 5.74) is 0. The fourth-order valence-electron chi connectivity index (χ4n) is 2.71. The molecule has 1 aromatic heterocycles. The molecule has 0 aliphatic carbocycles. The van der Waals surface area contributed by atoms with Gasteiger partial charge in [0, 0.05) is 31.5 Å². The van der Waals surface area contributed by atoms with Gasteiger partial charge in [-0.15, -0.1) is 0 Å². The molecule has 118 valence electrons. The number of sulfonamides is 1. The first-order valence-electron chi connectivity index (χ1n) is 6.89. The van der Waals surface area contributed by atoms with Gasteiger partial charge in [-0.1, -0.05) is 0 Å². The Balaban J connectivity index is 1.70. The van der Waals surface area contributed by atoms with Crippen molar-refractivity contribution in [2.24, 2.45) is 0 Å². The van der Waals surface area contributed by atoms with Crippen molar-refractivity contribution in [1.82, 2.24) is 14.2 Å². The number of ether oxygens (including phenoxy) is 1. The number of pyridine rings is 1. The molecule has 8 nitrogen and oxygen atoms in total. The zero-order chi connectivity index (χ0) is 15.7. The van der Waals surface area contributed by atoms with Gasteiger partial charge in [0.05, 0.1) is 0 Å². The molecule has 3 heterocycles. The molecule has 0 spiro atoms. The van der Waals surface area contributed by atoms with Crippen LogP contribution in [0.15, 0.2) is 29.4 Å². The van der Waals surface area contributed by atoms with Crippen molar-refractivity contribution in [3.05, 3.63) is 24.5 Å². The highest BCUT2D eigenvalue weighted by molar-refractivity contribution is 7.89. The molecule has 0 radical (unpaired) electrons. The molecule has 3 rings (SSSR count). The van der Waals surface area contributed by atoms with Crippen LogP contribution in [0.25, 0.3) is 0 Å². The van der Waals surface area contributed by atoms with Crippen LogP contribution in [-0.4, -0.2) is 60.3 Å². The van der Waals surface area contributed by atoms with Crippen molar-refractivity contribution in [2.75, 3.05) is 19.7 Å². The number of imide groups is 1. The Bertz CT molecular complexity index is 667. The number of aromatic nitrogens is 1. The smallest absolute Gasteiger partial charge is 0.417 e. The third-order valence-corrected chi connectivity index (χ3v) is 5.73. The lowest BCUT2D eigenvalue weighted by molar-refractivity contribution is -0.127. The van der Waals surface area contributed by atoms with Crippen molar-refractivity contribution in [3.8, 4) is 0 Å². The van der Waals surface area contributed by atoms with Gasteiger partial charge in [-0.05, 0) is 25.0 Å². The van der Waals surface area contributed by atoms with Gasteiger partial charge in [0.15, 0.2) is 6.61 Å². The van der Waals surface area contributed by atoms with Crippen LogP contribution in [-0.2, 0) is 19.6 Å². The van der Waals surface area contributed by atoms with Crippen molar-refractivity contribution < 1.29 is 22.7 Å². The molecule has 0 saturated carbocycles. The third kappa shape index (κ3) is 2.57. The number of carbonyl (C=O) groups excluding carboxylic acids is 2. The molecule has 2 amide bonds. The van der Waals surface area contributed by atoms with E-state index in [2.05, 4.69) is 4.98 Å². The summed E-state index contributed by atoms with van der Waals surface area (Å²) in [5, 5.41) is 0. The zero-order valence-electron chi connectivity index (χ0n) is 11.7. The number of rotatable bonds is 3. The Morgan fingerprint density at radius 2 is 1.95 bits per heavy atom. The lowest BCUT2D eigenvalue weighted by Crippen LogP contribution is -2.48. The standard InChI is InChI=1S/C13H15N3O5S/c17-12-9-21-13(18)16(12)10-3-6-15(7-4-10)22(19,20)11-2-1-5-14-8-11/h1-2,5,8,10H,3-4,6-7,9H2. The first kappa shape index (κ1) is 14.9. The average molecular weight is 325 g/mol. The maximum Gasteiger partial charge on any atom is 0.417 e. The Kier molecular flexibility index (Phi) is 3.83. The summed E-state index contributed by atoms with van der Waals surface area (Å²) >= 11 is 0. The van der Waals surface area contributed by atoms with E-state index in [1.54, 1.807) is 6.07 Å². The van der Waals surface area contributed by atoms with Crippen LogP contribution in [0.5, 0.6) is 0 Å². The third-order valence-electron chi connectivity index (χ3n) is 3.85. The van der Waals surface area contributed by atoms with Gasteiger partial charge in [0.2, 0.25) is 10.0 Å². The number of amides is 2. The number of carbonyl (C=O) groups is 2. The molecule has 2 aliphatic rings. The summed E-state index contributed by atoms with van der Waals surface area (Å²) in [5.74, 6) is -0.362. The minimum Gasteiger partial charge on any atom is -0.439 e. The van der Waals surface area contributed by atoms with E-state index in [0.717, 1.165) is 4.90 Å². The maximum atomic E-state index is 12.5. The molecule has 9 heteroatoms. The summed E-state index contributed by atoms with van der Waals surface area (Å²) in [7, 11) is -3.58. The number of hydrogen-bond acceptors (Lipinski definition) is 6. The van der Waals surface area contributed by atoms with Crippen molar-refractivity contribution in [1.29, 1.82) is 0 Å². The predicted octanol–water partition coefficient (Wildman–Crippen LogP) is 0.214. The van der Waals surface area contributed by atoms with Crippen LogP contribution in [0, 0.1) is 0 Å². The highest BCUT2D eigenvalue weighted by Crippen LogP contribution is 2.24. The SMILES string of the molecule is O=C1COC(=O)N1C1CCN(S(=O)(=O)c2cccnc2)CC1. The lowest BCUT2D eigenvalue weighted by Gasteiger charge is -2.33. The number of piperidine rings is 1. The fourth-order valence-corrected chi connectivity index (χ4v) is 4.14. The van der Waals surface area contributed by atoms with E-state index in [-0.39, 0.29) is 36.5 Å². The second-order valence-electron chi connectivity index (χ2n) is 5.14. The Labute approximate surface area is 127 Å². The molecule has 0 atom stereocenters.